The first kappa shape index (κ1) is 21.8. The molecule has 1 aliphatic carbocycles. The van der Waals surface area contributed by atoms with Gasteiger partial charge in [-0.05, 0) is 103 Å². The van der Waals surface area contributed by atoms with Crippen LogP contribution in [0.2, 0.25) is 0 Å². The average molecular weight is 558 g/mol. The van der Waals surface area contributed by atoms with Crippen LogP contribution in [-0.2, 0) is 6.42 Å². The normalized spacial score (nSPS) is 13.4. The lowest BCUT2D eigenvalue weighted by Crippen LogP contribution is -1.89. The van der Waals surface area contributed by atoms with Gasteiger partial charge in [0, 0.05) is 65.4 Å². The average Bonchev–Trinajstić information content (AvgIpc) is 3.80. The number of benzene rings is 8. The summed E-state index contributed by atoms with van der Waals surface area (Å²) in [6.45, 7) is 0. The quantitative estimate of drug-likeness (QED) is 0.155. The second kappa shape index (κ2) is 7.21. The number of nitrogens with one attached hydrogen (secondary N) is 3. The van der Waals surface area contributed by atoms with Gasteiger partial charge < -0.3 is 15.0 Å². The molecular weight excluding hydrogens is 534 g/mol. The fraction of sp³-hybridized carbons (Fsp3) is 0.0244. The Hall–Kier alpha value is -5.80. The number of H-pyrrole nitrogens is 3. The van der Waals surface area contributed by atoms with Crippen molar-refractivity contribution >= 4 is 97.7 Å². The molecule has 3 nitrogen and oxygen atoms in total. The van der Waals surface area contributed by atoms with E-state index < -0.39 is 0 Å². The second-order valence-electron chi connectivity index (χ2n) is 12.8. The van der Waals surface area contributed by atoms with E-state index in [1.54, 1.807) is 0 Å². The molecule has 3 aromatic heterocycles. The molecule has 11 aromatic rings. The van der Waals surface area contributed by atoms with Gasteiger partial charge in [-0.3, -0.25) is 0 Å². The Kier molecular flexibility index (Phi) is 3.58. The topological polar surface area (TPSA) is 47.4 Å². The minimum absolute atomic E-state index is 0.976. The van der Waals surface area contributed by atoms with Gasteiger partial charge in [0.25, 0.3) is 0 Å². The van der Waals surface area contributed by atoms with Crippen LogP contribution in [0.3, 0.4) is 0 Å². The first-order chi connectivity index (χ1) is 21.8. The SMILES string of the molecule is c1ccc2c(c1)[nH]c1cc3c(cc12)Cc1cc2ccc4cc5[nH]c6cc7c(cc6c5c5ccc(c1-3)c2c45)[nH]c1ccccc17. The maximum absolute atomic E-state index is 3.79. The van der Waals surface area contributed by atoms with Crippen molar-refractivity contribution in [2.75, 3.05) is 0 Å². The Balaban J connectivity index is 1.19. The van der Waals surface area contributed by atoms with Crippen molar-refractivity contribution in [3.05, 3.63) is 120 Å². The fourth-order valence-electron chi connectivity index (χ4n) is 8.74. The molecule has 3 heteroatoms. The van der Waals surface area contributed by atoms with E-state index in [0.717, 1.165) is 6.42 Å². The predicted octanol–water partition coefficient (Wildman–Crippen LogP) is 11.1. The number of rotatable bonds is 0. The maximum Gasteiger partial charge on any atom is 0.0477 e. The van der Waals surface area contributed by atoms with Crippen molar-refractivity contribution < 1.29 is 0 Å². The summed E-state index contributed by atoms with van der Waals surface area (Å²) in [5, 5.41) is 15.8. The molecule has 0 amide bonds. The van der Waals surface area contributed by atoms with Crippen molar-refractivity contribution in [3.63, 3.8) is 0 Å². The zero-order valence-electron chi connectivity index (χ0n) is 23.6. The Morgan fingerprint density at radius 1 is 0.364 bits per heavy atom. The summed E-state index contributed by atoms with van der Waals surface area (Å²) in [7, 11) is 0. The number of aromatic amines is 3. The molecule has 202 valence electrons. The standard InChI is InChI=1S/C41H23N3/c1-3-7-32-24(5-1)29-15-22-14-23-13-20-9-10-21-16-37-41(27-12-11-26(39(20)40(21)27)38(23)28(22)17-34(29)42-32)31-19-35-30(18-36(31)44-37)25-6-2-4-8-33(25)43-35/h1-13,15-19,42-44H,14H2. The first-order valence-corrected chi connectivity index (χ1v) is 15.4. The Morgan fingerprint density at radius 3 is 1.80 bits per heavy atom. The molecule has 0 radical (unpaired) electrons. The molecule has 1 aliphatic rings. The molecular formula is C41H23N3. The van der Waals surface area contributed by atoms with Crippen LogP contribution in [0.1, 0.15) is 11.1 Å². The highest BCUT2D eigenvalue weighted by molar-refractivity contribution is 6.35. The minimum Gasteiger partial charge on any atom is -0.354 e. The van der Waals surface area contributed by atoms with Gasteiger partial charge >= 0.3 is 0 Å². The predicted molar refractivity (Wildman–Crippen MR) is 186 cm³/mol. The van der Waals surface area contributed by atoms with E-state index in [1.165, 1.54) is 120 Å². The monoisotopic (exact) mass is 557 g/mol. The van der Waals surface area contributed by atoms with Crippen LogP contribution in [0, 0.1) is 0 Å². The number of hydrogen-bond acceptors (Lipinski definition) is 0. The molecule has 0 aliphatic heterocycles. The molecule has 44 heavy (non-hydrogen) atoms. The third kappa shape index (κ3) is 2.49. The molecule has 3 heterocycles. The molecule has 0 saturated heterocycles. The summed E-state index contributed by atoms with van der Waals surface area (Å²) in [5.74, 6) is 0. The summed E-state index contributed by atoms with van der Waals surface area (Å²) < 4.78 is 0. The molecule has 12 rings (SSSR count). The maximum atomic E-state index is 3.79. The van der Waals surface area contributed by atoms with Gasteiger partial charge in [0.15, 0.2) is 0 Å². The molecule has 0 unspecified atom stereocenters. The van der Waals surface area contributed by atoms with Crippen LogP contribution in [-0.4, -0.2) is 15.0 Å². The summed E-state index contributed by atoms with van der Waals surface area (Å²) in [6, 6.07) is 41.0. The van der Waals surface area contributed by atoms with E-state index >= 15 is 0 Å². The highest BCUT2D eigenvalue weighted by Crippen LogP contribution is 2.49. The minimum atomic E-state index is 0.976. The van der Waals surface area contributed by atoms with Crippen LogP contribution in [0.25, 0.3) is 109 Å². The fourth-order valence-corrected chi connectivity index (χ4v) is 8.74. The van der Waals surface area contributed by atoms with Crippen molar-refractivity contribution in [2.24, 2.45) is 0 Å². The van der Waals surface area contributed by atoms with Crippen LogP contribution < -0.4 is 0 Å². The van der Waals surface area contributed by atoms with E-state index in [0.29, 0.717) is 0 Å². The van der Waals surface area contributed by atoms with E-state index in [2.05, 4.69) is 124 Å². The summed E-state index contributed by atoms with van der Waals surface area (Å²) in [4.78, 5) is 11.1. The molecule has 0 bridgehead atoms. The summed E-state index contributed by atoms with van der Waals surface area (Å²) >= 11 is 0. The lowest BCUT2D eigenvalue weighted by molar-refractivity contribution is 1.28. The molecule has 0 fully saturated rings. The molecule has 8 aromatic carbocycles. The molecule has 3 N–H and O–H groups in total. The number of para-hydroxylation sites is 2. The Morgan fingerprint density at radius 2 is 0.977 bits per heavy atom. The van der Waals surface area contributed by atoms with Crippen LogP contribution in [0.15, 0.2) is 109 Å². The van der Waals surface area contributed by atoms with E-state index in [1.807, 2.05) is 0 Å². The zero-order chi connectivity index (χ0) is 28.3. The Labute approximate surface area is 250 Å². The van der Waals surface area contributed by atoms with Crippen molar-refractivity contribution in [1.29, 1.82) is 0 Å². The van der Waals surface area contributed by atoms with Crippen LogP contribution in [0.5, 0.6) is 0 Å². The summed E-state index contributed by atoms with van der Waals surface area (Å²) in [5.41, 5.74) is 12.8. The van der Waals surface area contributed by atoms with E-state index in [4.69, 9.17) is 0 Å². The number of fused-ring (bicyclic) bond motifs is 14. The Bertz CT molecular complexity index is 3070. The lowest BCUT2D eigenvalue weighted by Gasteiger charge is -2.15. The van der Waals surface area contributed by atoms with Crippen LogP contribution >= 0.6 is 0 Å². The van der Waals surface area contributed by atoms with Gasteiger partial charge in [-0.2, -0.15) is 0 Å². The van der Waals surface area contributed by atoms with Gasteiger partial charge in [-0.25, -0.2) is 0 Å². The van der Waals surface area contributed by atoms with Crippen molar-refractivity contribution in [3.8, 4) is 11.1 Å². The van der Waals surface area contributed by atoms with E-state index in [-0.39, 0.29) is 0 Å². The highest BCUT2D eigenvalue weighted by atomic mass is 14.7. The highest BCUT2D eigenvalue weighted by Gasteiger charge is 2.25. The smallest absolute Gasteiger partial charge is 0.0477 e. The first-order valence-electron chi connectivity index (χ1n) is 15.4. The molecule has 0 atom stereocenters. The van der Waals surface area contributed by atoms with Gasteiger partial charge in [-0.1, -0.05) is 66.7 Å². The summed E-state index contributed by atoms with van der Waals surface area (Å²) in [6.07, 6.45) is 0.976. The number of aromatic nitrogens is 3. The third-order valence-corrected chi connectivity index (χ3v) is 10.5. The van der Waals surface area contributed by atoms with Gasteiger partial charge in [0.05, 0.1) is 0 Å². The zero-order valence-corrected chi connectivity index (χ0v) is 23.6. The van der Waals surface area contributed by atoms with Gasteiger partial charge in [0.2, 0.25) is 0 Å². The largest absolute Gasteiger partial charge is 0.354 e. The third-order valence-electron chi connectivity index (χ3n) is 10.5. The number of hydrogen-bond donors (Lipinski definition) is 3. The molecule has 0 saturated carbocycles. The van der Waals surface area contributed by atoms with Crippen molar-refractivity contribution in [1.82, 2.24) is 15.0 Å². The lowest BCUT2D eigenvalue weighted by atomic mass is 9.88. The molecule has 0 spiro atoms. The van der Waals surface area contributed by atoms with Crippen molar-refractivity contribution in [2.45, 2.75) is 6.42 Å². The van der Waals surface area contributed by atoms with Crippen LogP contribution in [0.4, 0.5) is 0 Å². The second-order valence-corrected chi connectivity index (χ2v) is 12.8. The van der Waals surface area contributed by atoms with Gasteiger partial charge in [0.1, 0.15) is 0 Å². The van der Waals surface area contributed by atoms with Gasteiger partial charge in [-0.15, -0.1) is 0 Å². The van der Waals surface area contributed by atoms with E-state index in [9.17, 15) is 0 Å².